The van der Waals surface area contributed by atoms with E-state index in [4.69, 9.17) is 9.47 Å². The lowest BCUT2D eigenvalue weighted by atomic mass is 10.2. The van der Waals surface area contributed by atoms with Crippen LogP contribution in [0.1, 0.15) is 31.1 Å². The summed E-state index contributed by atoms with van der Waals surface area (Å²) in [5.74, 6) is 1.40. The number of hydrogen-bond acceptors (Lipinski definition) is 5. The van der Waals surface area contributed by atoms with Crippen LogP contribution in [0.4, 0.5) is 11.4 Å². The summed E-state index contributed by atoms with van der Waals surface area (Å²) in [5.41, 5.74) is 1.34. The zero-order valence-corrected chi connectivity index (χ0v) is 21.6. The lowest BCUT2D eigenvalue weighted by molar-refractivity contribution is 0.102. The second kappa shape index (κ2) is 11.4. The van der Waals surface area contributed by atoms with Crippen LogP contribution in [0.2, 0.25) is 0 Å². The summed E-state index contributed by atoms with van der Waals surface area (Å²) in [6.45, 7) is 7.10. The molecule has 0 saturated carbocycles. The van der Waals surface area contributed by atoms with Gasteiger partial charge in [-0.2, -0.15) is 0 Å². The highest BCUT2D eigenvalue weighted by Crippen LogP contribution is 2.27. The van der Waals surface area contributed by atoms with Gasteiger partial charge in [0.15, 0.2) is 0 Å². The Kier molecular flexibility index (Phi) is 8.57. The lowest BCUT2D eigenvalue weighted by Gasteiger charge is -2.12. The molecule has 0 saturated heterocycles. The molecular weight excluding hydrogens is 520 g/mol. The summed E-state index contributed by atoms with van der Waals surface area (Å²) in [5, 5.41) is 2.77. The third-order valence-corrected chi connectivity index (χ3v) is 6.62. The van der Waals surface area contributed by atoms with Gasteiger partial charge in [0.1, 0.15) is 11.5 Å². The van der Waals surface area contributed by atoms with Crippen molar-refractivity contribution in [2.45, 2.75) is 25.7 Å². The highest BCUT2D eigenvalue weighted by molar-refractivity contribution is 9.10. The second-order valence-corrected chi connectivity index (χ2v) is 10.4. The fourth-order valence-electron chi connectivity index (χ4n) is 2.94. The zero-order valence-electron chi connectivity index (χ0n) is 19.2. The second-order valence-electron chi connectivity index (χ2n) is 7.89. The van der Waals surface area contributed by atoms with Crippen LogP contribution in [-0.2, 0) is 10.0 Å². The Morgan fingerprint density at radius 1 is 0.941 bits per heavy atom. The highest BCUT2D eigenvalue weighted by Gasteiger charge is 2.15. The largest absolute Gasteiger partial charge is 0.494 e. The van der Waals surface area contributed by atoms with E-state index in [-0.39, 0.29) is 10.8 Å². The van der Waals surface area contributed by atoms with Gasteiger partial charge in [-0.1, -0.05) is 13.8 Å². The molecule has 0 spiro atoms. The number of sulfonamides is 1. The molecule has 3 rings (SSSR count). The molecule has 7 nitrogen and oxygen atoms in total. The minimum atomic E-state index is -3.78. The Hall–Kier alpha value is -3.04. The first kappa shape index (κ1) is 25.6. The van der Waals surface area contributed by atoms with Gasteiger partial charge in [-0.25, -0.2) is 8.42 Å². The molecule has 3 aromatic carbocycles. The van der Waals surface area contributed by atoms with Gasteiger partial charge < -0.3 is 14.8 Å². The van der Waals surface area contributed by atoms with Crippen molar-refractivity contribution in [3.8, 4) is 11.5 Å². The minimum Gasteiger partial charge on any atom is -0.494 e. The number of benzene rings is 3. The summed E-state index contributed by atoms with van der Waals surface area (Å²) in [6.07, 6.45) is 0. The smallest absolute Gasteiger partial charge is 0.261 e. The minimum absolute atomic E-state index is 0.0776. The summed E-state index contributed by atoms with van der Waals surface area (Å²) in [6, 6.07) is 17.7. The summed E-state index contributed by atoms with van der Waals surface area (Å²) in [7, 11) is -3.78. The first-order valence-corrected chi connectivity index (χ1v) is 13.0. The van der Waals surface area contributed by atoms with Gasteiger partial charge >= 0.3 is 0 Å². The first-order chi connectivity index (χ1) is 16.2. The predicted octanol–water partition coefficient (Wildman–Crippen LogP) is 5.94. The summed E-state index contributed by atoms with van der Waals surface area (Å²) in [4.78, 5) is 12.7. The molecule has 0 aliphatic heterocycles. The van der Waals surface area contributed by atoms with Crippen LogP contribution in [0.15, 0.2) is 76.1 Å². The molecule has 34 heavy (non-hydrogen) atoms. The summed E-state index contributed by atoms with van der Waals surface area (Å²) < 4.78 is 39.7. The highest BCUT2D eigenvalue weighted by atomic mass is 79.9. The van der Waals surface area contributed by atoms with Crippen molar-refractivity contribution in [1.29, 1.82) is 0 Å². The molecule has 1 amide bonds. The van der Waals surface area contributed by atoms with Crippen molar-refractivity contribution in [1.82, 2.24) is 0 Å². The van der Waals surface area contributed by atoms with Gasteiger partial charge in [0, 0.05) is 16.9 Å². The molecular formula is C25H27BrN2O5S. The van der Waals surface area contributed by atoms with Gasteiger partial charge in [-0.3, -0.25) is 9.52 Å². The molecule has 0 aromatic heterocycles. The quantitative estimate of drug-likeness (QED) is 0.328. The molecule has 0 radical (unpaired) electrons. The Balaban J connectivity index is 1.64. The van der Waals surface area contributed by atoms with E-state index in [9.17, 15) is 13.2 Å². The maximum atomic E-state index is 12.7. The Morgan fingerprint density at radius 3 is 2.18 bits per heavy atom. The molecule has 0 aliphatic carbocycles. The van der Waals surface area contributed by atoms with Gasteiger partial charge in [0.25, 0.3) is 15.9 Å². The van der Waals surface area contributed by atoms with Crippen LogP contribution in [0.3, 0.4) is 0 Å². The summed E-state index contributed by atoms with van der Waals surface area (Å²) >= 11 is 3.44. The number of hydrogen-bond donors (Lipinski definition) is 2. The van der Waals surface area contributed by atoms with E-state index >= 15 is 0 Å². The first-order valence-electron chi connectivity index (χ1n) is 10.8. The SMILES string of the molecule is CCOc1ccc(NS(=O)(=O)c2ccc(NC(=O)c3ccc(OCC(C)C)c(Br)c3)cc2)cc1. The van der Waals surface area contributed by atoms with Crippen molar-refractivity contribution < 1.29 is 22.7 Å². The van der Waals surface area contributed by atoms with E-state index in [0.717, 1.165) is 0 Å². The molecule has 0 bridgehead atoms. The van der Waals surface area contributed by atoms with Crippen molar-refractivity contribution in [3.05, 3.63) is 76.8 Å². The average molecular weight is 547 g/mol. The van der Waals surface area contributed by atoms with Crippen molar-refractivity contribution in [2.75, 3.05) is 23.3 Å². The fourth-order valence-corrected chi connectivity index (χ4v) is 4.49. The van der Waals surface area contributed by atoms with Gasteiger partial charge in [0.05, 0.1) is 22.6 Å². The number of rotatable bonds is 10. The molecule has 0 atom stereocenters. The number of carbonyl (C=O) groups is 1. The lowest BCUT2D eigenvalue weighted by Crippen LogP contribution is -2.14. The Morgan fingerprint density at radius 2 is 1.59 bits per heavy atom. The van der Waals surface area contributed by atoms with Crippen LogP contribution in [0, 0.1) is 5.92 Å². The maximum absolute atomic E-state index is 12.7. The number of nitrogens with one attached hydrogen (secondary N) is 2. The number of amides is 1. The van der Waals surface area contributed by atoms with E-state index in [0.29, 0.717) is 52.0 Å². The van der Waals surface area contributed by atoms with E-state index in [1.54, 1.807) is 54.6 Å². The van der Waals surface area contributed by atoms with Crippen LogP contribution in [0.5, 0.6) is 11.5 Å². The molecule has 0 fully saturated rings. The van der Waals surface area contributed by atoms with Crippen molar-refractivity contribution >= 4 is 43.2 Å². The van der Waals surface area contributed by atoms with Crippen LogP contribution in [-0.4, -0.2) is 27.5 Å². The number of anilines is 2. The number of carbonyl (C=O) groups excluding carboxylic acids is 1. The van der Waals surface area contributed by atoms with E-state index in [1.807, 2.05) is 6.92 Å². The third-order valence-electron chi connectivity index (χ3n) is 4.61. The van der Waals surface area contributed by atoms with Crippen LogP contribution in [0.25, 0.3) is 0 Å². The number of halogens is 1. The van der Waals surface area contributed by atoms with Gasteiger partial charge in [-0.05, 0) is 95.5 Å². The molecule has 180 valence electrons. The zero-order chi connectivity index (χ0) is 24.7. The third kappa shape index (κ3) is 6.98. The van der Waals surface area contributed by atoms with Gasteiger partial charge in [0.2, 0.25) is 0 Å². The van der Waals surface area contributed by atoms with Crippen LogP contribution < -0.4 is 19.5 Å². The molecule has 0 heterocycles. The molecule has 2 N–H and O–H groups in total. The topological polar surface area (TPSA) is 93.7 Å². The standard InChI is InChI=1S/C25H27BrN2O5S/c1-4-32-21-10-6-20(7-11-21)28-34(30,31)22-12-8-19(9-13-22)27-25(29)18-5-14-24(23(26)15-18)33-16-17(2)3/h5-15,17,28H,4,16H2,1-3H3,(H,27,29). The van der Waals surface area contributed by atoms with Crippen molar-refractivity contribution in [2.24, 2.45) is 5.92 Å². The molecule has 0 unspecified atom stereocenters. The molecule has 3 aromatic rings. The monoisotopic (exact) mass is 546 g/mol. The predicted molar refractivity (Wildman–Crippen MR) is 137 cm³/mol. The molecule has 0 aliphatic rings. The normalized spacial score (nSPS) is 11.2. The fraction of sp³-hybridized carbons (Fsp3) is 0.240. The van der Waals surface area contributed by atoms with E-state index < -0.39 is 10.0 Å². The van der Waals surface area contributed by atoms with Crippen molar-refractivity contribution in [3.63, 3.8) is 0 Å². The van der Waals surface area contributed by atoms with E-state index in [1.165, 1.54) is 12.1 Å². The molecule has 9 heteroatoms. The average Bonchev–Trinajstić information content (AvgIpc) is 2.80. The Labute approximate surface area is 208 Å². The van der Waals surface area contributed by atoms with Gasteiger partial charge in [-0.15, -0.1) is 0 Å². The Bertz CT molecular complexity index is 1230. The number of ether oxygens (including phenoxy) is 2. The van der Waals surface area contributed by atoms with E-state index in [2.05, 4.69) is 39.8 Å². The van der Waals surface area contributed by atoms with Crippen LogP contribution >= 0.6 is 15.9 Å². The maximum Gasteiger partial charge on any atom is 0.261 e.